The predicted octanol–water partition coefficient (Wildman–Crippen LogP) is 1.77. The third-order valence-corrected chi connectivity index (χ3v) is 2.88. The average molecular weight is 241 g/mol. The first-order chi connectivity index (χ1) is 7.50. The second kappa shape index (κ2) is 5.77. The Kier molecular flexibility index (Phi) is 4.64. The zero-order valence-corrected chi connectivity index (χ0v) is 10.1. The van der Waals surface area contributed by atoms with Crippen molar-refractivity contribution in [3.8, 4) is 0 Å². The molecule has 1 atom stereocenters. The Hall–Kier alpha value is -1.20. The highest BCUT2D eigenvalue weighted by Gasteiger charge is 2.23. The van der Waals surface area contributed by atoms with Crippen molar-refractivity contribution in [1.82, 2.24) is 5.32 Å². The number of carbonyl (C=O) groups excluding carboxylic acids is 1. The van der Waals surface area contributed by atoms with Gasteiger partial charge in [-0.25, -0.2) is 0 Å². The fourth-order valence-electron chi connectivity index (χ4n) is 1.39. The van der Waals surface area contributed by atoms with Crippen LogP contribution in [0, 0.1) is 0 Å². The largest absolute Gasteiger partial charge is 0.481 e. The summed E-state index contributed by atoms with van der Waals surface area (Å²) < 4.78 is 0. The number of hydrogen-bond donors (Lipinski definition) is 2. The summed E-state index contributed by atoms with van der Waals surface area (Å²) >= 11 is 1.33. The summed E-state index contributed by atoms with van der Waals surface area (Å²) in [5, 5.41) is 13.5. The molecule has 1 aromatic rings. The molecule has 1 heterocycles. The van der Waals surface area contributed by atoms with E-state index in [0.717, 1.165) is 0 Å². The van der Waals surface area contributed by atoms with Crippen LogP contribution in [0.4, 0.5) is 0 Å². The number of thiophene rings is 1. The molecule has 2 N–H and O–H groups in total. The summed E-state index contributed by atoms with van der Waals surface area (Å²) in [5.41, 5.74) is 0. The number of Topliss-reactive ketones (excluding diaryl/α,β-unsaturated/α-hetero) is 1. The molecule has 1 unspecified atom stereocenters. The summed E-state index contributed by atoms with van der Waals surface area (Å²) in [5.74, 6) is -1.12. The third-order valence-electron chi connectivity index (χ3n) is 1.99. The van der Waals surface area contributed by atoms with Gasteiger partial charge < -0.3 is 10.4 Å². The van der Waals surface area contributed by atoms with Gasteiger partial charge in [-0.2, -0.15) is 0 Å². The van der Waals surface area contributed by atoms with Crippen LogP contribution in [0.3, 0.4) is 0 Å². The van der Waals surface area contributed by atoms with E-state index in [1.54, 1.807) is 17.5 Å². The van der Waals surface area contributed by atoms with Gasteiger partial charge in [-0.3, -0.25) is 9.59 Å². The van der Waals surface area contributed by atoms with Crippen LogP contribution < -0.4 is 5.32 Å². The minimum Gasteiger partial charge on any atom is -0.481 e. The van der Waals surface area contributed by atoms with E-state index < -0.39 is 12.0 Å². The Morgan fingerprint density at radius 1 is 1.50 bits per heavy atom. The maximum atomic E-state index is 12.0. The quantitative estimate of drug-likeness (QED) is 0.745. The molecule has 0 bridgehead atoms. The summed E-state index contributed by atoms with van der Waals surface area (Å²) in [6.07, 6.45) is -0.186. The van der Waals surface area contributed by atoms with Gasteiger partial charge in [0, 0.05) is 6.04 Å². The van der Waals surface area contributed by atoms with Crippen LogP contribution in [0.1, 0.15) is 29.9 Å². The molecule has 0 saturated carbocycles. The van der Waals surface area contributed by atoms with Gasteiger partial charge in [-0.15, -0.1) is 11.3 Å². The monoisotopic (exact) mass is 241 g/mol. The fourth-order valence-corrected chi connectivity index (χ4v) is 2.11. The van der Waals surface area contributed by atoms with E-state index >= 15 is 0 Å². The van der Waals surface area contributed by atoms with E-state index in [9.17, 15) is 9.59 Å². The minimum absolute atomic E-state index is 0.0771. The van der Waals surface area contributed by atoms with Crippen LogP contribution in [0.25, 0.3) is 0 Å². The number of aliphatic carboxylic acids is 1. The summed E-state index contributed by atoms with van der Waals surface area (Å²) in [6.45, 7) is 3.77. The van der Waals surface area contributed by atoms with Crippen LogP contribution in [0.2, 0.25) is 0 Å². The standard InChI is InChI=1S/C11H15NO3S/c1-7(2)12-8(6-10(13)14)11(15)9-4-3-5-16-9/h3-5,7-8,12H,6H2,1-2H3,(H,13,14). The van der Waals surface area contributed by atoms with Gasteiger partial charge in [0.2, 0.25) is 0 Å². The maximum absolute atomic E-state index is 12.0. The molecule has 0 aliphatic carbocycles. The number of nitrogens with one attached hydrogen (secondary N) is 1. The van der Waals surface area contributed by atoms with Crippen molar-refractivity contribution in [2.24, 2.45) is 0 Å². The van der Waals surface area contributed by atoms with Crippen molar-refractivity contribution in [3.05, 3.63) is 22.4 Å². The first-order valence-corrected chi connectivity index (χ1v) is 5.94. The Morgan fingerprint density at radius 2 is 2.19 bits per heavy atom. The molecular formula is C11H15NO3S. The van der Waals surface area contributed by atoms with Crippen LogP contribution in [0.5, 0.6) is 0 Å². The van der Waals surface area contributed by atoms with E-state index in [4.69, 9.17) is 5.11 Å². The molecule has 0 aromatic carbocycles. The normalized spacial score (nSPS) is 12.7. The number of rotatable bonds is 6. The SMILES string of the molecule is CC(C)NC(CC(=O)O)C(=O)c1cccs1. The molecule has 0 saturated heterocycles. The van der Waals surface area contributed by atoms with Gasteiger partial charge >= 0.3 is 5.97 Å². The van der Waals surface area contributed by atoms with Gasteiger partial charge in [0.1, 0.15) is 0 Å². The van der Waals surface area contributed by atoms with Crippen LogP contribution >= 0.6 is 11.3 Å². The first kappa shape index (κ1) is 12.9. The van der Waals surface area contributed by atoms with Gasteiger partial charge in [0.05, 0.1) is 17.3 Å². The lowest BCUT2D eigenvalue weighted by Gasteiger charge is -2.17. The zero-order valence-electron chi connectivity index (χ0n) is 9.27. The van der Waals surface area contributed by atoms with Gasteiger partial charge in [0.25, 0.3) is 0 Å². The molecule has 0 spiro atoms. The molecule has 0 fully saturated rings. The lowest BCUT2D eigenvalue weighted by Crippen LogP contribution is -2.42. The highest BCUT2D eigenvalue weighted by atomic mass is 32.1. The summed E-state index contributed by atoms with van der Waals surface area (Å²) in [7, 11) is 0. The molecule has 16 heavy (non-hydrogen) atoms. The van der Waals surface area contributed by atoms with Crippen LogP contribution in [-0.4, -0.2) is 28.9 Å². The van der Waals surface area contributed by atoms with E-state index in [1.165, 1.54) is 11.3 Å². The molecule has 1 aromatic heterocycles. The molecule has 88 valence electrons. The predicted molar refractivity (Wildman–Crippen MR) is 63.0 cm³/mol. The summed E-state index contributed by atoms with van der Waals surface area (Å²) in [6, 6.07) is 2.93. The molecule has 1 rings (SSSR count). The van der Waals surface area contributed by atoms with E-state index in [-0.39, 0.29) is 18.2 Å². The number of hydrogen-bond acceptors (Lipinski definition) is 4. The lowest BCUT2D eigenvalue weighted by molar-refractivity contribution is -0.137. The van der Waals surface area contributed by atoms with Crippen molar-refractivity contribution in [1.29, 1.82) is 0 Å². The molecule has 0 aliphatic rings. The topological polar surface area (TPSA) is 66.4 Å². The number of ketones is 1. The molecule has 0 aliphatic heterocycles. The average Bonchev–Trinajstić information content (AvgIpc) is 2.66. The minimum atomic E-state index is -0.969. The van der Waals surface area contributed by atoms with Gasteiger partial charge in [-0.05, 0) is 11.4 Å². The molecule has 4 nitrogen and oxygen atoms in total. The van der Waals surface area contributed by atoms with Crippen LogP contribution in [0.15, 0.2) is 17.5 Å². The summed E-state index contributed by atoms with van der Waals surface area (Å²) in [4.78, 5) is 23.2. The number of carboxylic acids is 1. The Labute approximate surface area is 98.3 Å². The number of carboxylic acid groups (broad SMARTS) is 1. The molecule has 0 amide bonds. The fraction of sp³-hybridized carbons (Fsp3) is 0.455. The number of carbonyl (C=O) groups is 2. The Balaban J connectivity index is 2.75. The highest BCUT2D eigenvalue weighted by Crippen LogP contribution is 2.13. The van der Waals surface area contributed by atoms with Gasteiger partial charge in [-0.1, -0.05) is 19.9 Å². The maximum Gasteiger partial charge on any atom is 0.305 e. The first-order valence-electron chi connectivity index (χ1n) is 5.06. The second-order valence-electron chi connectivity index (χ2n) is 3.81. The molecular weight excluding hydrogens is 226 g/mol. The highest BCUT2D eigenvalue weighted by molar-refractivity contribution is 7.12. The molecule has 0 radical (unpaired) electrons. The van der Waals surface area contributed by atoms with E-state index in [0.29, 0.717) is 4.88 Å². The van der Waals surface area contributed by atoms with Crippen molar-refractivity contribution >= 4 is 23.1 Å². The zero-order chi connectivity index (χ0) is 12.1. The second-order valence-corrected chi connectivity index (χ2v) is 4.76. The van der Waals surface area contributed by atoms with Gasteiger partial charge in [0.15, 0.2) is 5.78 Å². The van der Waals surface area contributed by atoms with Crippen LogP contribution in [-0.2, 0) is 4.79 Å². The van der Waals surface area contributed by atoms with E-state index in [2.05, 4.69) is 5.32 Å². The van der Waals surface area contributed by atoms with E-state index in [1.807, 2.05) is 13.8 Å². The Morgan fingerprint density at radius 3 is 2.62 bits per heavy atom. The lowest BCUT2D eigenvalue weighted by atomic mass is 10.1. The third kappa shape index (κ3) is 3.75. The Bertz CT molecular complexity index is 359. The smallest absolute Gasteiger partial charge is 0.305 e. The van der Waals surface area contributed by atoms with Crippen molar-refractivity contribution < 1.29 is 14.7 Å². The van der Waals surface area contributed by atoms with Crippen molar-refractivity contribution in [2.45, 2.75) is 32.4 Å². The van der Waals surface area contributed by atoms with Crippen molar-refractivity contribution in [3.63, 3.8) is 0 Å². The van der Waals surface area contributed by atoms with Crippen molar-refractivity contribution in [2.75, 3.05) is 0 Å². The molecule has 5 heteroatoms.